The monoisotopic (exact) mass is 368 g/mol. The molecule has 0 bridgehead atoms. The zero-order valence-electron chi connectivity index (χ0n) is 14.4. The second-order valence-corrected chi connectivity index (χ2v) is 6.23. The number of benzene rings is 1. The summed E-state index contributed by atoms with van der Waals surface area (Å²) in [6.07, 6.45) is 3.46. The third-order valence-electron chi connectivity index (χ3n) is 4.55. The molecular formula is C17H17FN8O. The van der Waals surface area contributed by atoms with Gasteiger partial charge in [0.25, 0.3) is 0 Å². The van der Waals surface area contributed by atoms with Crippen LogP contribution in [-0.2, 0) is 6.61 Å². The standard InChI is InChI=1S/C17H17FN8O/c18-14-7-11(17-22-24-25-23-17)1-2-16(14)27-10-12-9-21-26(15(12)8-19)13-3-5-20-6-4-13/h1-2,7,9,13,20H,3-6,10H2,(H,22,23,24,25). The first-order chi connectivity index (χ1) is 13.3. The van der Waals surface area contributed by atoms with Gasteiger partial charge in [-0.2, -0.15) is 15.6 Å². The van der Waals surface area contributed by atoms with Crippen molar-refractivity contribution in [1.29, 1.82) is 5.26 Å². The van der Waals surface area contributed by atoms with Crippen molar-refractivity contribution in [2.75, 3.05) is 13.1 Å². The number of aromatic amines is 1. The molecule has 2 aromatic heterocycles. The normalized spacial score (nSPS) is 14.8. The Labute approximate surface area is 154 Å². The third kappa shape index (κ3) is 3.50. The minimum atomic E-state index is -0.540. The van der Waals surface area contributed by atoms with Gasteiger partial charge in [-0.3, -0.25) is 4.68 Å². The lowest BCUT2D eigenvalue weighted by Crippen LogP contribution is -2.30. The maximum absolute atomic E-state index is 14.3. The number of nitrogens with one attached hydrogen (secondary N) is 2. The fraction of sp³-hybridized carbons (Fsp3) is 0.353. The van der Waals surface area contributed by atoms with Crippen LogP contribution in [0, 0.1) is 17.1 Å². The van der Waals surface area contributed by atoms with Crippen molar-refractivity contribution >= 4 is 0 Å². The summed E-state index contributed by atoms with van der Waals surface area (Å²) >= 11 is 0. The van der Waals surface area contributed by atoms with Crippen molar-refractivity contribution in [3.8, 4) is 23.2 Å². The highest BCUT2D eigenvalue weighted by Crippen LogP contribution is 2.25. The second-order valence-electron chi connectivity index (χ2n) is 6.23. The van der Waals surface area contributed by atoms with Crippen molar-refractivity contribution in [3.05, 3.63) is 41.5 Å². The molecule has 138 valence electrons. The first kappa shape index (κ1) is 17.1. The molecule has 0 saturated carbocycles. The lowest BCUT2D eigenvalue weighted by atomic mass is 10.1. The molecule has 3 aromatic rings. The Balaban J connectivity index is 1.49. The Kier molecular flexibility index (Phi) is 4.76. The summed E-state index contributed by atoms with van der Waals surface area (Å²) in [5, 5.41) is 30.6. The molecule has 1 saturated heterocycles. The Hall–Kier alpha value is -3.32. The van der Waals surface area contributed by atoms with Gasteiger partial charge in [0.1, 0.15) is 18.4 Å². The summed E-state index contributed by atoms with van der Waals surface area (Å²) in [4.78, 5) is 0. The number of ether oxygens (including phenoxy) is 1. The van der Waals surface area contributed by atoms with Gasteiger partial charge in [-0.05, 0) is 49.3 Å². The average Bonchev–Trinajstić information content (AvgIpc) is 3.37. The van der Waals surface area contributed by atoms with Crippen LogP contribution in [-0.4, -0.2) is 43.5 Å². The van der Waals surface area contributed by atoms with Crippen LogP contribution < -0.4 is 10.1 Å². The molecule has 0 unspecified atom stereocenters. The largest absolute Gasteiger partial charge is 0.486 e. The highest BCUT2D eigenvalue weighted by atomic mass is 19.1. The molecule has 1 aliphatic rings. The number of nitriles is 1. The van der Waals surface area contributed by atoms with Gasteiger partial charge in [0, 0.05) is 11.1 Å². The summed E-state index contributed by atoms with van der Waals surface area (Å²) in [5.74, 6) is -0.155. The van der Waals surface area contributed by atoms with Crippen molar-refractivity contribution in [2.45, 2.75) is 25.5 Å². The van der Waals surface area contributed by atoms with Crippen LogP contribution in [0.1, 0.15) is 30.1 Å². The molecule has 0 radical (unpaired) electrons. The number of nitrogens with zero attached hydrogens (tertiary/aromatic N) is 6. The SMILES string of the molecule is N#Cc1c(COc2ccc(-c3nn[nH]n3)cc2F)cnn1C1CCNCC1. The average molecular weight is 368 g/mol. The van der Waals surface area contributed by atoms with Gasteiger partial charge in [0.2, 0.25) is 5.82 Å². The molecule has 0 atom stereocenters. The number of piperidine rings is 1. The van der Waals surface area contributed by atoms with E-state index in [9.17, 15) is 9.65 Å². The van der Waals surface area contributed by atoms with Gasteiger partial charge in [0.05, 0.1) is 12.2 Å². The minimum Gasteiger partial charge on any atom is -0.486 e. The highest BCUT2D eigenvalue weighted by Gasteiger charge is 2.21. The fourth-order valence-corrected chi connectivity index (χ4v) is 3.15. The van der Waals surface area contributed by atoms with E-state index in [1.165, 1.54) is 12.1 Å². The molecule has 1 fully saturated rings. The van der Waals surface area contributed by atoms with Gasteiger partial charge >= 0.3 is 0 Å². The van der Waals surface area contributed by atoms with Crippen LogP contribution in [0.2, 0.25) is 0 Å². The van der Waals surface area contributed by atoms with Gasteiger partial charge < -0.3 is 10.1 Å². The van der Waals surface area contributed by atoms with Crippen LogP contribution >= 0.6 is 0 Å². The molecule has 0 amide bonds. The molecule has 1 aliphatic heterocycles. The molecule has 1 aromatic carbocycles. The summed E-state index contributed by atoms with van der Waals surface area (Å²) < 4.78 is 21.7. The van der Waals surface area contributed by atoms with E-state index in [1.807, 2.05) is 0 Å². The van der Waals surface area contributed by atoms with E-state index >= 15 is 0 Å². The van der Waals surface area contributed by atoms with Crippen LogP contribution in [0.3, 0.4) is 0 Å². The summed E-state index contributed by atoms with van der Waals surface area (Å²) in [6.45, 7) is 1.87. The lowest BCUT2D eigenvalue weighted by molar-refractivity contribution is 0.289. The molecule has 9 nitrogen and oxygen atoms in total. The topological polar surface area (TPSA) is 117 Å². The number of halogens is 1. The maximum atomic E-state index is 14.3. The van der Waals surface area contributed by atoms with E-state index in [0.717, 1.165) is 25.9 Å². The van der Waals surface area contributed by atoms with E-state index < -0.39 is 5.82 Å². The van der Waals surface area contributed by atoms with Gasteiger partial charge in [-0.15, -0.1) is 10.2 Å². The van der Waals surface area contributed by atoms with Crippen LogP contribution in [0.15, 0.2) is 24.4 Å². The van der Waals surface area contributed by atoms with Gasteiger partial charge in [0.15, 0.2) is 11.6 Å². The Morgan fingerprint density at radius 3 is 2.89 bits per heavy atom. The van der Waals surface area contributed by atoms with E-state index in [2.05, 4.69) is 37.1 Å². The van der Waals surface area contributed by atoms with Crippen molar-refractivity contribution in [2.24, 2.45) is 0 Å². The van der Waals surface area contributed by atoms with E-state index in [-0.39, 0.29) is 18.4 Å². The highest BCUT2D eigenvalue weighted by molar-refractivity contribution is 5.55. The Morgan fingerprint density at radius 2 is 2.19 bits per heavy atom. The molecular weight excluding hydrogens is 351 g/mol. The predicted molar refractivity (Wildman–Crippen MR) is 92.0 cm³/mol. The van der Waals surface area contributed by atoms with Crippen molar-refractivity contribution < 1.29 is 9.13 Å². The molecule has 27 heavy (non-hydrogen) atoms. The zero-order chi connectivity index (χ0) is 18.6. The molecule has 0 spiro atoms. The van der Waals surface area contributed by atoms with E-state index in [0.29, 0.717) is 22.6 Å². The molecule has 4 rings (SSSR count). The fourth-order valence-electron chi connectivity index (χ4n) is 3.15. The molecule has 3 heterocycles. The number of rotatable bonds is 5. The molecule has 2 N–H and O–H groups in total. The van der Waals surface area contributed by atoms with E-state index in [1.54, 1.807) is 16.9 Å². The molecule has 10 heteroatoms. The smallest absolute Gasteiger partial charge is 0.204 e. The molecule has 0 aliphatic carbocycles. The van der Waals surface area contributed by atoms with Crippen LogP contribution in [0.5, 0.6) is 5.75 Å². The van der Waals surface area contributed by atoms with E-state index in [4.69, 9.17) is 4.74 Å². The predicted octanol–water partition coefficient (Wildman–Crippen LogP) is 1.58. The van der Waals surface area contributed by atoms with Crippen molar-refractivity contribution in [3.63, 3.8) is 0 Å². The maximum Gasteiger partial charge on any atom is 0.204 e. The lowest BCUT2D eigenvalue weighted by Gasteiger charge is -2.23. The number of hydrogen-bond donors (Lipinski definition) is 2. The summed E-state index contributed by atoms with van der Waals surface area (Å²) in [6, 6.07) is 6.83. The number of tetrazole rings is 1. The van der Waals surface area contributed by atoms with Crippen LogP contribution in [0.25, 0.3) is 11.4 Å². The van der Waals surface area contributed by atoms with Gasteiger partial charge in [-0.1, -0.05) is 0 Å². The summed E-state index contributed by atoms with van der Waals surface area (Å²) in [5.41, 5.74) is 1.59. The minimum absolute atomic E-state index is 0.0618. The number of aromatic nitrogens is 6. The quantitative estimate of drug-likeness (QED) is 0.702. The van der Waals surface area contributed by atoms with Crippen LogP contribution in [0.4, 0.5) is 4.39 Å². The first-order valence-electron chi connectivity index (χ1n) is 8.59. The number of H-pyrrole nitrogens is 1. The van der Waals surface area contributed by atoms with Crippen molar-refractivity contribution in [1.82, 2.24) is 35.7 Å². The third-order valence-corrected chi connectivity index (χ3v) is 4.55. The Bertz CT molecular complexity index is 956. The zero-order valence-corrected chi connectivity index (χ0v) is 14.4. The first-order valence-corrected chi connectivity index (χ1v) is 8.59. The second kappa shape index (κ2) is 7.51. The summed E-state index contributed by atoms with van der Waals surface area (Å²) in [7, 11) is 0. The van der Waals surface area contributed by atoms with Gasteiger partial charge in [-0.25, -0.2) is 4.39 Å². The number of hydrogen-bond acceptors (Lipinski definition) is 7. The Morgan fingerprint density at radius 1 is 1.33 bits per heavy atom.